The van der Waals surface area contributed by atoms with Gasteiger partial charge in [0.2, 0.25) is 5.91 Å². The highest BCUT2D eigenvalue weighted by Crippen LogP contribution is 2.29. The summed E-state index contributed by atoms with van der Waals surface area (Å²) in [7, 11) is 1.54. The van der Waals surface area contributed by atoms with E-state index in [4.69, 9.17) is 14.2 Å². The Morgan fingerprint density at radius 2 is 1.95 bits per heavy atom. The van der Waals surface area contributed by atoms with Crippen molar-refractivity contribution < 1.29 is 28.2 Å². The lowest BCUT2D eigenvalue weighted by molar-refractivity contribution is -0.125. The monoisotopic (exact) mass is 565 g/mol. The quantitative estimate of drug-likeness (QED) is 0.501. The van der Waals surface area contributed by atoms with Crippen molar-refractivity contribution >= 4 is 11.8 Å². The number of amides is 2. The van der Waals surface area contributed by atoms with Crippen LogP contribution in [0.15, 0.2) is 48.7 Å². The summed E-state index contributed by atoms with van der Waals surface area (Å²) in [5, 5.41) is 10.3. The second-order valence-electron chi connectivity index (χ2n) is 10.5. The number of likely N-dealkylation sites (tertiary alicyclic amines) is 1. The van der Waals surface area contributed by atoms with E-state index in [1.807, 2.05) is 23.7 Å². The van der Waals surface area contributed by atoms with Crippen LogP contribution in [0.5, 0.6) is 17.2 Å². The fourth-order valence-electron chi connectivity index (χ4n) is 5.24. The molecule has 11 heteroatoms. The Hall–Kier alpha value is -4.12. The molecule has 3 aromatic rings. The van der Waals surface area contributed by atoms with E-state index in [-0.39, 0.29) is 43.5 Å². The van der Waals surface area contributed by atoms with Crippen LogP contribution in [0.3, 0.4) is 0 Å². The topological polar surface area (TPSA) is 107 Å². The molecule has 5 rings (SSSR count). The van der Waals surface area contributed by atoms with Gasteiger partial charge in [-0.1, -0.05) is 6.07 Å². The number of hydrogen-bond donors (Lipinski definition) is 2. The minimum atomic E-state index is -0.451. The molecule has 218 valence electrons. The molecule has 4 bridgehead atoms. The molecule has 41 heavy (non-hydrogen) atoms. The van der Waals surface area contributed by atoms with Crippen molar-refractivity contribution in [3.63, 3.8) is 0 Å². The number of methoxy groups -OCH3 is 1. The molecular weight excluding hydrogens is 529 g/mol. The summed E-state index contributed by atoms with van der Waals surface area (Å²) < 4.78 is 34.0. The first kappa shape index (κ1) is 28.4. The molecule has 1 saturated heterocycles. The lowest BCUT2D eigenvalue weighted by Crippen LogP contribution is -2.58. The van der Waals surface area contributed by atoms with Crippen LogP contribution < -0.4 is 24.8 Å². The molecule has 2 atom stereocenters. The Balaban J connectivity index is 1.37. The van der Waals surface area contributed by atoms with Gasteiger partial charge in [0.25, 0.3) is 5.91 Å². The van der Waals surface area contributed by atoms with Crippen LogP contribution in [0.1, 0.15) is 29.7 Å². The first-order chi connectivity index (χ1) is 19.9. The van der Waals surface area contributed by atoms with Crippen molar-refractivity contribution in [3.05, 3.63) is 71.3 Å². The SMILES string of the molecule is COc1ccc2cc1OCC(=O)N[C@@H]1CN(CCn3nccc3C)CC[C@H]1Oc1cc(F)cc(c1)CNC(=O)CC2. The Bertz CT molecular complexity index is 1380. The summed E-state index contributed by atoms with van der Waals surface area (Å²) >= 11 is 0. The molecule has 2 N–H and O–H groups in total. The van der Waals surface area contributed by atoms with E-state index < -0.39 is 5.82 Å². The number of aryl methyl sites for hydroxylation is 2. The van der Waals surface area contributed by atoms with Crippen molar-refractivity contribution in [1.82, 2.24) is 25.3 Å². The van der Waals surface area contributed by atoms with Gasteiger partial charge < -0.3 is 24.8 Å². The fourth-order valence-corrected chi connectivity index (χ4v) is 5.24. The Kier molecular flexibility index (Phi) is 9.03. The Morgan fingerprint density at radius 3 is 2.76 bits per heavy atom. The van der Waals surface area contributed by atoms with E-state index in [0.717, 1.165) is 30.9 Å². The number of carbonyl (C=O) groups excluding carboxylic acids is 2. The second-order valence-corrected chi connectivity index (χ2v) is 10.5. The van der Waals surface area contributed by atoms with E-state index in [1.165, 1.54) is 19.2 Å². The molecule has 10 nitrogen and oxygen atoms in total. The molecule has 2 aromatic carbocycles. The third-order valence-corrected chi connectivity index (χ3v) is 7.47. The van der Waals surface area contributed by atoms with Crippen molar-refractivity contribution in [2.75, 3.05) is 33.4 Å². The number of carbonyl (C=O) groups is 2. The molecule has 0 unspecified atom stereocenters. The van der Waals surface area contributed by atoms with Gasteiger partial charge in [0.05, 0.1) is 19.7 Å². The first-order valence-electron chi connectivity index (χ1n) is 13.9. The van der Waals surface area contributed by atoms with Crippen molar-refractivity contribution in [1.29, 1.82) is 0 Å². The number of hydrogen-bond acceptors (Lipinski definition) is 7. The lowest BCUT2D eigenvalue weighted by atomic mass is 10.0. The number of benzene rings is 2. The van der Waals surface area contributed by atoms with Gasteiger partial charge in [-0.05, 0) is 61.2 Å². The normalized spacial score (nSPS) is 20.4. The number of rotatable bonds is 4. The van der Waals surface area contributed by atoms with E-state index in [9.17, 15) is 14.0 Å². The number of piperidine rings is 1. The van der Waals surface area contributed by atoms with Crippen LogP contribution >= 0.6 is 0 Å². The molecule has 0 saturated carbocycles. The van der Waals surface area contributed by atoms with Crippen LogP contribution in [0.25, 0.3) is 0 Å². The average Bonchev–Trinajstić information content (AvgIpc) is 3.37. The van der Waals surface area contributed by atoms with Crippen LogP contribution in [-0.4, -0.2) is 72.0 Å². The van der Waals surface area contributed by atoms with Crippen molar-refractivity contribution in [2.45, 2.75) is 51.4 Å². The van der Waals surface area contributed by atoms with E-state index in [0.29, 0.717) is 42.2 Å². The molecule has 1 aromatic heterocycles. The number of ether oxygens (including phenoxy) is 3. The van der Waals surface area contributed by atoms with Crippen LogP contribution in [-0.2, 0) is 29.1 Å². The number of aromatic nitrogens is 2. The zero-order valence-corrected chi connectivity index (χ0v) is 23.4. The second kappa shape index (κ2) is 13.0. The zero-order valence-electron chi connectivity index (χ0n) is 23.4. The minimum absolute atomic E-state index is 0.159. The summed E-state index contributed by atoms with van der Waals surface area (Å²) in [5.41, 5.74) is 2.55. The van der Waals surface area contributed by atoms with Gasteiger partial charge in [-0.15, -0.1) is 0 Å². The van der Waals surface area contributed by atoms with Gasteiger partial charge in [0, 0.05) is 50.6 Å². The van der Waals surface area contributed by atoms with E-state index in [1.54, 1.807) is 24.4 Å². The molecule has 3 heterocycles. The van der Waals surface area contributed by atoms with Crippen LogP contribution in [0.2, 0.25) is 0 Å². The highest BCUT2D eigenvalue weighted by molar-refractivity contribution is 5.78. The minimum Gasteiger partial charge on any atom is -0.493 e. The zero-order chi connectivity index (χ0) is 28.8. The highest BCUT2D eigenvalue weighted by Gasteiger charge is 2.32. The third kappa shape index (κ3) is 7.55. The van der Waals surface area contributed by atoms with Crippen molar-refractivity contribution in [3.8, 4) is 17.2 Å². The van der Waals surface area contributed by atoms with Gasteiger partial charge in [0.1, 0.15) is 17.7 Å². The summed E-state index contributed by atoms with van der Waals surface area (Å²) in [6.45, 7) is 4.75. The largest absolute Gasteiger partial charge is 0.493 e. The van der Waals surface area contributed by atoms with Crippen LogP contribution in [0, 0.1) is 12.7 Å². The standard InChI is InChI=1S/C30H36FN5O5/c1-20-7-9-33-36(20)12-11-35-10-8-26-25(18-35)34-30(38)19-40-28-15-21(3-5-27(28)39-2)4-6-29(37)32-17-22-13-23(31)16-24(14-22)41-26/h3,5,7,9,13-16,25-26H,4,6,8,10-12,17-19H2,1-2H3,(H,32,37)(H,34,38)/t25-,26-/m1/s1. The van der Waals surface area contributed by atoms with Crippen molar-refractivity contribution in [2.24, 2.45) is 0 Å². The maximum absolute atomic E-state index is 14.5. The lowest BCUT2D eigenvalue weighted by Gasteiger charge is -2.39. The molecule has 0 radical (unpaired) electrons. The number of nitrogens with one attached hydrogen (secondary N) is 2. The summed E-state index contributed by atoms with van der Waals surface area (Å²) in [5.74, 6) is 0.373. The van der Waals surface area contributed by atoms with Gasteiger partial charge in [-0.25, -0.2) is 4.39 Å². The Morgan fingerprint density at radius 1 is 1.07 bits per heavy atom. The number of nitrogens with zero attached hydrogens (tertiary/aromatic N) is 3. The first-order valence-corrected chi connectivity index (χ1v) is 13.9. The summed E-state index contributed by atoms with van der Waals surface area (Å²) in [6.07, 6.45) is 2.73. The summed E-state index contributed by atoms with van der Waals surface area (Å²) in [4.78, 5) is 27.9. The van der Waals surface area contributed by atoms with Gasteiger partial charge in [0.15, 0.2) is 18.1 Å². The molecule has 0 spiro atoms. The average molecular weight is 566 g/mol. The maximum Gasteiger partial charge on any atom is 0.258 e. The Labute approximate surface area is 238 Å². The number of fused-ring (bicyclic) bond motifs is 5. The maximum atomic E-state index is 14.5. The predicted molar refractivity (Wildman–Crippen MR) is 149 cm³/mol. The molecule has 2 aliphatic rings. The smallest absolute Gasteiger partial charge is 0.258 e. The van der Waals surface area contributed by atoms with Crippen LogP contribution in [0.4, 0.5) is 4.39 Å². The van der Waals surface area contributed by atoms with Gasteiger partial charge >= 0.3 is 0 Å². The number of halogens is 1. The molecule has 2 aliphatic heterocycles. The van der Waals surface area contributed by atoms with E-state index in [2.05, 4.69) is 20.6 Å². The molecular formula is C30H36FN5O5. The third-order valence-electron chi connectivity index (χ3n) is 7.47. The molecule has 0 aliphatic carbocycles. The van der Waals surface area contributed by atoms with Gasteiger partial charge in [-0.2, -0.15) is 5.10 Å². The van der Waals surface area contributed by atoms with E-state index >= 15 is 0 Å². The highest BCUT2D eigenvalue weighted by atomic mass is 19.1. The predicted octanol–water partition coefficient (Wildman–Crippen LogP) is 2.62. The fraction of sp³-hybridized carbons (Fsp3) is 0.433. The summed E-state index contributed by atoms with van der Waals surface area (Å²) in [6, 6.07) is 11.5. The molecule has 2 amide bonds. The van der Waals surface area contributed by atoms with Gasteiger partial charge in [-0.3, -0.25) is 19.2 Å². The molecule has 1 fully saturated rings.